The molecule has 0 heterocycles. The smallest absolute Gasteiger partial charge is 0.244 e. The van der Waals surface area contributed by atoms with Crippen LogP contribution < -0.4 is 10.1 Å². The standard InChI is InChI=1S/C19H21NO2/c1-3-22-18-10-5-4-9-17(18)14-20-19(21)12-11-16-8-6-7-15(2)13-16/h4-13H,3,14H2,1-2H3,(H,20,21)/b12-11+. The summed E-state index contributed by atoms with van der Waals surface area (Å²) in [6.07, 6.45) is 3.37. The van der Waals surface area contributed by atoms with Crippen molar-refractivity contribution >= 4 is 12.0 Å². The fourth-order valence-electron chi connectivity index (χ4n) is 2.13. The molecule has 114 valence electrons. The van der Waals surface area contributed by atoms with E-state index < -0.39 is 0 Å². The fourth-order valence-corrected chi connectivity index (χ4v) is 2.13. The summed E-state index contributed by atoms with van der Waals surface area (Å²) >= 11 is 0. The van der Waals surface area contributed by atoms with Gasteiger partial charge in [-0.2, -0.15) is 0 Å². The first kappa shape index (κ1) is 15.8. The van der Waals surface area contributed by atoms with Crippen LogP contribution >= 0.6 is 0 Å². The predicted octanol–water partition coefficient (Wildman–Crippen LogP) is 3.72. The highest BCUT2D eigenvalue weighted by molar-refractivity contribution is 5.91. The van der Waals surface area contributed by atoms with E-state index in [1.165, 1.54) is 5.56 Å². The minimum atomic E-state index is -0.118. The van der Waals surface area contributed by atoms with Crippen molar-refractivity contribution < 1.29 is 9.53 Å². The first-order chi connectivity index (χ1) is 10.7. The van der Waals surface area contributed by atoms with Gasteiger partial charge >= 0.3 is 0 Å². The third-order valence-electron chi connectivity index (χ3n) is 3.19. The van der Waals surface area contributed by atoms with Gasteiger partial charge in [0.1, 0.15) is 5.75 Å². The molecule has 0 aromatic heterocycles. The molecule has 0 fully saturated rings. The molecule has 0 aliphatic rings. The van der Waals surface area contributed by atoms with Crippen molar-refractivity contribution in [2.75, 3.05) is 6.61 Å². The zero-order valence-corrected chi connectivity index (χ0v) is 13.0. The summed E-state index contributed by atoms with van der Waals surface area (Å²) < 4.78 is 5.54. The Labute approximate surface area is 131 Å². The summed E-state index contributed by atoms with van der Waals surface area (Å²) in [7, 11) is 0. The van der Waals surface area contributed by atoms with E-state index in [-0.39, 0.29) is 5.91 Å². The Morgan fingerprint density at radius 1 is 1.18 bits per heavy atom. The van der Waals surface area contributed by atoms with Gasteiger partial charge in [0.15, 0.2) is 0 Å². The zero-order valence-electron chi connectivity index (χ0n) is 13.0. The molecule has 0 saturated heterocycles. The number of rotatable bonds is 6. The van der Waals surface area contributed by atoms with Gasteiger partial charge in [-0.05, 0) is 31.6 Å². The molecule has 1 amide bonds. The molecule has 3 nitrogen and oxygen atoms in total. The van der Waals surface area contributed by atoms with Gasteiger partial charge in [0.2, 0.25) is 5.91 Å². The Bertz CT molecular complexity index is 662. The van der Waals surface area contributed by atoms with Crippen LogP contribution in [0.25, 0.3) is 6.08 Å². The molecule has 0 unspecified atom stereocenters. The van der Waals surface area contributed by atoms with Gasteiger partial charge in [-0.3, -0.25) is 4.79 Å². The third-order valence-corrected chi connectivity index (χ3v) is 3.19. The molecule has 22 heavy (non-hydrogen) atoms. The quantitative estimate of drug-likeness (QED) is 0.825. The number of carbonyl (C=O) groups is 1. The van der Waals surface area contributed by atoms with E-state index in [1.54, 1.807) is 6.08 Å². The molecular weight excluding hydrogens is 274 g/mol. The van der Waals surface area contributed by atoms with E-state index in [2.05, 4.69) is 5.32 Å². The number of hydrogen-bond donors (Lipinski definition) is 1. The van der Waals surface area contributed by atoms with Crippen LogP contribution in [-0.4, -0.2) is 12.5 Å². The summed E-state index contributed by atoms with van der Waals surface area (Å²) in [5, 5.41) is 2.88. The van der Waals surface area contributed by atoms with Gasteiger partial charge in [0.25, 0.3) is 0 Å². The van der Waals surface area contributed by atoms with Gasteiger partial charge in [0, 0.05) is 18.2 Å². The molecule has 0 atom stereocenters. The lowest BCUT2D eigenvalue weighted by atomic mass is 10.1. The number of nitrogens with one attached hydrogen (secondary N) is 1. The van der Waals surface area contributed by atoms with Crippen molar-refractivity contribution in [1.29, 1.82) is 0 Å². The molecule has 0 spiro atoms. The van der Waals surface area contributed by atoms with E-state index >= 15 is 0 Å². The Balaban J connectivity index is 1.93. The second-order valence-corrected chi connectivity index (χ2v) is 5.01. The third kappa shape index (κ3) is 4.77. The topological polar surface area (TPSA) is 38.3 Å². The van der Waals surface area contributed by atoms with Crippen molar-refractivity contribution in [2.24, 2.45) is 0 Å². The molecule has 0 aliphatic heterocycles. The van der Waals surface area contributed by atoms with E-state index in [0.29, 0.717) is 13.2 Å². The summed E-state index contributed by atoms with van der Waals surface area (Å²) in [5.41, 5.74) is 3.17. The highest BCUT2D eigenvalue weighted by Crippen LogP contribution is 2.17. The molecule has 0 saturated carbocycles. The molecule has 1 N–H and O–H groups in total. The number of ether oxygens (including phenoxy) is 1. The lowest BCUT2D eigenvalue weighted by Gasteiger charge is -2.10. The van der Waals surface area contributed by atoms with Gasteiger partial charge < -0.3 is 10.1 Å². The minimum absolute atomic E-state index is 0.118. The number of hydrogen-bond acceptors (Lipinski definition) is 2. The zero-order chi connectivity index (χ0) is 15.8. The van der Waals surface area contributed by atoms with Gasteiger partial charge in [-0.1, -0.05) is 48.0 Å². The first-order valence-corrected chi connectivity index (χ1v) is 7.42. The van der Waals surface area contributed by atoms with E-state index in [0.717, 1.165) is 16.9 Å². The SMILES string of the molecule is CCOc1ccccc1CNC(=O)/C=C/c1cccc(C)c1. The maximum atomic E-state index is 11.9. The molecule has 2 aromatic rings. The molecule has 0 radical (unpaired) electrons. The average molecular weight is 295 g/mol. The Hall–Kier alpha value is -2.55. The van der Waals surface area contributed by atoms with Crippen LogP contribution in [0.3, 0.4) is 0 Å². The predicted molar refractivity (Wildman–Crippen MR) is 89.7 cm³/mol. The van der Waals surface area contributed by atoms with Crippen LogP contribution in [0, 0.1) is 6.92 Å². The summed E-state index contributed by atoms with van der Waals surface area (Å²) in [4.78, 5) is 11.9. The van der Waals surface area contributed by atoms with Crippen molar-refractivity contribution in [3.05, 3.63) is 71.3 Å². The Morgan fingerprint density at radius 3 is 2.77 bits per heavy atom. The molecule has 0 bridgehead atoms. The number of aryl methyl sites for hydroxylation is 1. The molecule has 3 heteroatoms. The lowest BCUT2D eigenvalue weighted by Crippen LogP contribution is -2.20. The normalized spacial score (nSPS) is 10.6. The highest BCUT2D eigenvalue weighted by atomic mass is 16.5. The first-order valence-electron chi connectivity index (χ1n) is 7.42. The van der Waals surface area contributed by atoms with Crippen LogP contribution in [0.5, 0.6) is 5.75 Å². The van der Waals surface area contributed by atoms with Crippen molar-refractivity contribution in [3.8, 4) is 5.75 Å². The second kappa shape index (κ2) is 8.03. The van der Waals surface area contributed by atoms with Gasteiger partial charge in [0.05, 0.1) is 6.61 Å². The minimum Gasteiger partial charge on any atom is -0.494 e. The Morgan fingerprint density at radius 2 is 2.00 bits per heavy atom. The van der Waals surface area contributed by atoms with Gasteiger partial charge in [-0.25, -0.2) is 0 Å². The largest absolute Gasteiger partial charge is 0.494 e. The number of amides is 1. The van der Waals surface area contributed by atoms with Crippen LogP contribution in [0.1, 0.15) is 23.6 Å². The summed E-state index contributed by atoms with van der Waals surface area (Å²) in [6.45, 7) is 5.04. The molecule has 2 rings (SSSR count). The fraction of sp³-hybridized carbons (Fsp3) is 0.211. The van der Waals surface area contributed by atoms with Gasteiger partial charge in [-0.15, -0.1) is 0 Å². The summed E-state index contributed by atoms with van der Waals surface area (Å²) in [5.74, 6) is 0.695. The van der Waals surface area contributed by atoms with Crippen LogP contribution in [0.2, 0.25) is 0 Å². The second-order valence-electron chi connectivity index (χ2n) is 5.01. The number of benzene rings is 2. The average Bonchev–Trinajstić information content (AvgIpc) is 2.52. The van der Waals surface area contributed by atoms with Crippen LogP contribution in [0.15, 0.2) is 54.6 Å². The monoisotopic (exact) mass is 295 g/mol. The lowest BCUT2D eigenvalue weighted by molar-refractivity contribution is -0.116. The molecule has 0 aliphatic carbocycles. The molecule has 2 aromatic carbocycles. The maximum absolute atomic E-state index is 11.9. The van der Waals surface area contributed by atoms with Crippen molar-refractivity contribution in [1.82, 2.24) is 5.32 Å². The Kier molecular flexibility index (Phi) is 5.78. The van der Waals surface area contributed by atoms with Crippen molar-refractivity contribution in [2.45, 2.75) is 20.4 Å². The maximum Gasteiger partial charge on any atom is 0.244 e. The van der Waals surface area contributed by atoms with E-state index in [1.807, 2.05) is 68.5 Å². The molecular formula is C19H21NO2. The highest BCUT2D eigenvalue weighted by Gasteiger charge is 2.03. The van der Waals surface area contributed by atoms with Crippen LogP contribution in [0.4, 0.5) is 0 Å². The van der Waals surface area contributed by atoms with E-state index in [4.69, 9.17) is 4.74 Å². The van der Waals surface area contributed by atoms with E-state index in [9.17, 15) is 4.79 Å². The van der Waals surface area contributed by atoms with Crippen LogP contribution in [-0.2, 0) is 11.3 Å². The number of para-hydroxylation sites is 1. The number of carbonyl (C=O) groups excluding carboxylic acids is 1. The summed E-state index contributed by atoms with van der Waals surface area (Å²) in [6, 6.07) is 15.7. The van der Waals surface area contributed by atoms with Crippen molar-refractivity contribution in [3.63, 3.8) is 0 Å².